The molecular weight excluding hydrogens is 334 g/mol. The second-order valence-electron chi connectivity index (χ2n) is 7.45. The molecule has 1 aliphatic heterocycles. The number of benzene rings is 2. The van der Waals surface area contributed by atoms with Gasteiger partial charge in [-0.25, -0.2) is 0 Å². The quantitative estimate of drug-likeness (QED) is 0.758. The van der Waals surface area contributed by atoms with Crippen molar-refractivity contribution in [3.63, 3.8) is 0 Å². The van der Waals surface area contributed by atoms with Gasteiger partial charge in [0.1, 0.15) is 0 Å². The smallest absolute Gasteiger partial charge is 0.237 e. The zero-order chi connectivity index (χ0) is 17.1. The van der Waals surface area contributed by atoms with Gasteiger partial charge in [0.05, 0.1) is 17.5 Å². The largest absolute Gasteiger partial charge is 0.274 e. The summed E-state index contributed by atoms with van der Waals surface area (Å²) < 4.78 is 0. The second kappa shape index (κ2) is 5.43. The molecule has 3 nitrogen and oxygen atoms in total. The first-order valence-corrected chi connectivity index (χ1v) is 9.21. The van der Waals surface area contributed by atoms with E-state index in [0.29, 0.717) is 17.5 Å². The van der Waals surface area contributed by atoms with E-state index in [0.717, 1.165) is 17.9 Å². The summed E-state index contributed by atoms with van der Waals surface area (Å²) in [6, 6.07) is 17.3. The van der Waals surface area contributed by atoms with Gasteiger partial charge in [-0.1, -0.05) is 41.9 Å². The Balaban J connectivity index is 1.49. The molecule has 0 aromatic heterocycles. The van der Waals surface area contributed by atoms with E-state index in [1.807, 2.05) is 42.5 Å². The molecule has 4 heteroatoms. The van der Waals surface area contributed by atoms with E-state index in [1.54, 1.807) is 0 Å². The molecule has 0 spiro atoms. The van der Waals surface area contributed by atoms with Gasteiger partial charge in [0.2, 0.25) is 11.8 Å². The molecule has 2 aromatic carbocycles. The van der Waals surface area contributed by atoms with Crippen molar-refractivity contribution >= 4 is 29.1 Å². The van der Waals surface area contributed by atoms with Gasteiger partial charge in [0.15, 0.2) is 0 Å². The highest BCUT2D eigenvalue weighted by atomic mass is 35.5. The Morgan fingerprint density at radius 1 is 0.840 bits per heavy atom. The van der Waals surface area contributed by atoms with Gasteiger partial charge in [0, 0.05) is 5.02 Å². The van der Waals surface area contributed by atoms with Crippen LogP contribution in [-0.4, -0.2) is 11.8 Å². The minimum absolute atomic E-state index is 0.00301. The molecule has 2 aliphatic carbocycles. The Bertz CT molecular complexity index is 848. The van der Waals surface area contributed by atoms with Crippen molar-refractivity contribution < 1.29 is 9.59 Å². The van der Waals surface area contributed by atoms with Gasteiger partial charge in [-0.15, -0.1) is 0 Å². The first-order chi connectivity index (χ1) is 12.1. The molecule has 3 aliphatic rings. The number of anilines is 1. The van der Waals surface area contributed by atoms with Gasteiger partial charge in [0.25, 0.3) is 0 Å². The topological polar surface area (TPSA) is 37.4 Å². The number of para-hydroxylation sites is 1. The van der Waals surface area contributed by atoms with Crippen LogP contribution < -0.4 is 4.90 Å². The molecule has 0 N–H and O–H groups in total. The fraction of sp³-hybridized carbons (Fsp3) is 0.333. The number of carbonyl (C=O) groups excluding carboxylic acids is 2. The molecule has 0 unspecified atom stereocenters. The fourth-order valence-corrected chi connectivity index (χ4v) is 5.51. The summed E-state index contributed by atoms with van der Waals surface area (Å²) in [7, 11) is 0. The monoisotopic (exact) mass is 351 g/mol. The lowest BCUT2D eigenvalue weighted by molar-refractivity contribution is -0.123. The van der Waals surface area contributed by atoms with E-state index in [9.17, 15) is 9.59 Å². The predicted molar refractivity (Wildman–Crippen MR) is 96.3 cm³/mol. The molecule has 2 amide bonds. The maximum Gasteiger partial charge on any atom is 0.237 e. The third-order valence-electron chi connectivity index (χ3n) is 6.33. The van der Waals surface area contributed by atoms with Crippen molar-refractivity contribution in [1.82, 2.24) is 0 Å². The van der Waals surface area contributed by atoms with E-state index in [4.69, 9.17) is 11.6 Å². The van der Waals surface area contributed by atoms with Crippen LogP contribution in [0.4, 0.5) is 5.69 Å². The highest BCUT2D eigenvalue weighted by Gasteiger charge is 2.64. The second-order valence-corrected chi connectivity index (χ2v) is 7.89. The third kappa shape index (κ3) is 2.12. The lowest BCUT2D eigenvalue weighted by atomic mass is 9.73. The SMILES string of the molecule is O=C1[C@@H]2[C@H]3C[C@@H]([C@@H]2C(=O)N1c1ccccc1)[C@H](c1ccc(Cl)cc1)C3. The van der Waals surface area contributed by atoms with Crippen LogP contribution in [-0.2, 0) is 9.59 Å². The highest BCUT2D eigenvalue weighted by molar-refractivity contribution is 6.30. The molecule has 2 saturated carbocycles. The summed E-state index contributed by atoms with van der Waals surface area (Å²) in [5.41, 5.74) is 1.95. The van der Waals surface area contributed by atoms with Crippen LogP contribution in [0.15, 0.2) is 54.6 Å². The Hall–Kier alpha value is -2.13. The summed E-state index contributed by atoms with van der Waals surface area (Å²) in [5, 5.41) is 0.729. The van der Waals surface area contributed by atoms with E-state index < -0.39 is 0 Å². The van der Waals surface area contributed by atoms with Crippen LogP contribution in [0, 0.1) is 23.7 Å². The number of rotatable bonds is 2. The van der Waals surface area contributed by atoms with E-state index >= 15 is 0 Å². The third-order valence-corrected chi connectivity index (χ3v) is 6.58. The highest BCUT2D eigenvalue weighted by Crippen LogP contribution is 2.61. The fourth-order valence-electron chi connectivity index (χ4n) is 5.38. The van der Waals surface area contributed by atoms with E-state index in [1.165, 1.54) is 10.5 Å². The molecule has 2 aromatic rings. The van der Waals surface area contributed by atoms with Crippen molar-refractivity contribution in [2.24, 2.45) is 23.7 Å². The van der Waals surface area contributed by atoms with Crippen LogP contribution >= 0.6 is 11.6 Å². The molecule has 5 rings (SSSR count). The summed E-state index contributed by atoms with van der Waals surface area (Å²) in [4.78, 5) is 27.5. The van der Waals surface area contributed by atoms with Crippen molar-refractivity contribution in [2.45, 2.75) is 18.8 Å². The average molecular weight is 352 g/mol. The molecule has 126 valence electrons. The summed E-state index contributed by atoms with van der Waals surface area (Å²) in [6.45, 7) is 0. The van der Waals surface area contributed by atoms with Crippen LogP contribution in [0.3, 0.4) is 0 Å². The van der Waals surface area contributed by atoms with Crippen molar-refractivity contribution in [3.05, 3.63) is 65.2 Å². The molecule has 3 fully saturated rings. The molecule has 25 heavy (non-hydrogen) atoms. The van der Waals surface area contributed by atoms with Crippen molar-refractivity contribution in [2.75, 3.05) is 4.90 Å². The number of imide groups is 1. The first kappa shape index (κ1) is 15.2. The number of fused-ring (bicyclic) bond motifs is 5. The van der Waals surface area contributed by atoms with E-state index in [2.05, 4.69) is 12.1 Å². The number of halogens is 1. The van der Waals surface area contributed by atoms with Crippen LogP contribution in [0.5, 0.6) is 0 Å². The number of hydrogen-bond donors (Lipinski definition) is 0. The standard InChI is InChI=1S/C21H18ClNO2/c22-14-8-6-12(7-9-14)16-10-13-11-17(16)19-18(13)20(24)23(21(19)25)15-4-2-1-3-5-15/h1-9,13,16-19H,10-11H2/t13-,16+,17-,18-,19+/m1/s1. The van der Waals surface area contributed by atoms with Gasteiger partial charge in [-0.3, -0.25) is 14.5 Å². The minimum atomic E-state index is -0.160. The molecule has 2 bridgehead atoms. The van der Waals surface area contributed by atoms with Crippen LogP contribution in [0.1, 0.15) is 24.3 Å². The summed E-state index contributed by atoms with van der Waals surface area (Å²) in [5.74, 6) is 0.655. The number of hydrogen-bond acceptors (Lipinski definition) is 2. The first-order valence-electron chi connectivity index (χ1n) is 8.83. The predicted octanol–water partition coefficient (Wildman–Crippen LogP) is 4.27. The Kier molecular flexibility index (Phi) is 3.29. The maximum absolute atomic E-state index is 13.1. The average Bonchev–Trinajstić information content (AvgIpc) is 3.28. The zero-order valence-electron chi connectivity index (χ0n) is 13.6. The molecular formula is C21H18ClNO2. The van der Waals surface area contributed by atoms with Crippen LogP contribution in [0.2, 0.25) is 5.02 Å². The Morgan fingerprint density at radius 3 is 2.24 bits per heavy atom. The van der Waals surface area contributed by atoms with E-state index in [-0.39, 0.29) is 29.6 Å². The molecule has 0 radical (unpaired) electrons. The maximum atomic E-state index is 13.1. The molecule has 1 heterocycles. The molecule has 1 saturated heterocycles. The number of nitrogens with zero attached hydrogens (tertiary/aromatic N) is 1. The van der Waals surface area contributed by atoms with Gasteiger partial charge in [-0.2, -0.15) is 0 Å². The van der Waals surface area contributed by atoms with Gasteiger partial charge < -0.3 is 0 Å². The van der Waals surface area contributed by atoms with Gasteiger partial charge in [-0.05, 0) is 60.4 Å². The lowest BCUT2D eigenvalue weighted by Crippen LogP contribution is -2.32. The zero-order valence-corrected chi connectivity index (χ0v) is 14.4. The number of carbonyl (C=O) groups is 2. The Labute approximate surface area is 151 Å². The van der Waals surface area contributed by atoms with Crippen molar-refractivity contribution in [1.29, 1.82) is 0 Å². The lowest BCUT2D eigenvalue weighted by Gasteiger charge is -2.28. The normalized spacial score (nSPS) is 33.2. The minimum Gasteiger partial charge on any atom is -0.274 e. The van der Waals surface area contributed by atoms with Crippen molar-refractivity contribution in [3.8, 4) is 0 Å². The summed E-state index contributed by atoms with van der Waals surface area (Å²) in [6.07, 6.45) is 1.98. The summed E-state index contributed by atoms with van der Waals surface area (Å²) >= 11 is 6.01. The Morgan fingerprint density at radius 2 is 1.52 bits per heavy atom. The molecule has 5 atom stereocenters. The van der Waals surface area contributed by atoms with Crippen LogP contribution in [0.25, 0.3) is 0 Å². The van der Waals surface area contributed by atoms with Gasteiger partial charge >= 0.3 is 0 Å². The number of amides is 2.